The lowest BCUT2D eigenvalue weighted by Crippen LogP contribution is -2.35. The van der Waals surface area contributed by atoms with Crippen LogP contribution in [0, 0.1) is 5.82 Å². The molecule has 28 heavy (non-hydrogen) atoms. The Hall–Kier alpha value is -3.05. The van der Waals surface area contributed by atoms with Gasteiger partial charge in [-0.3, -0.25) is 0 Å². The molecule has 0 radical (unpaired) electrons. The molecule has 144 valence electrons. The van der Waals surface area contributed by atoms with Crippen molar-refractivity contribution in [3.05, 3.63) is 102 Å². The Labute approximate surface area is 168 Å². The third kappa shape index (κ3) is 5.24. The van der Waals surface area contributed by atoms with Gasteiger partial charge in [-0.2, -0.15) is 0 Å². The molecule has 1 N–H and O–H groups in total. The van der Waals surface area contributed by atoms with Crippen LogP contribution in [0.1, 0.15) is 11.3 Å². The van der Waals surface area contributed by atoms with Gasteiger partial charge in [0, 0.05) is 35.7 Å². The van der Waals surface area contributed by atoms with Crippen LogP contribution < -0.4 is 5.32 Å². The summed E-state index contributed by atoms with van der Waals surface area (Å²) in [4.78, 5) is 14.4. The van der Waals surface area contributed by atoms with Crippen molar-refractivity contribution in [3.8, 4) is 0 Å². The standard InChI is InChI=1S/C22H21ClFN3O/c1-2-13-27(22(28)25-20-11-7-18(23)8-12-20)16-21-4-3-14-26(21)15-17-5-9-19(24)10-6-17/h2-12,14H,1,13,15-16H2,(H,25,28). The number of halogens is 2. The molecule has 0 aliphatic rings. The van der Waals surface area contributed by atoms with Gasteiger partial charge in [0.1, 0.15) is 5.82 Å². The first-order valence-corrected chi connectivity index (χ1v) is 9.24. The van der Waals surface area contributed by atoms with E-state index in [2.05, 4.69) is 11.9 Å². The van der Waals surface area contributed by atoms with E-state index in [1.807, 2.05) is 22.9 Å². The van der Waals surface area contributed by atoms with Gasteiger partial charge in [-0.15, -0.1) is 6.58 Å². The van der Waals surface area contributed by atoms with Crippen LogP contribution in [0.5, 0.6) is 0 Å². The van der Waals surface area contributed by atoms with Crippen molar-refractivity contribution in [1.29, 1.82) is 0 Å². The summed E-state index contributed by atoms with van der Waals surface area (Å²) in [6, 6.07) is 17.0. The fourth-order valence-corrected chi connectivity index (χ4v) is 2.97. The Bertz CT molecular complexity index is 935. The first kappa shape index (κ1) is 19.7. The number of hydrogen-bond acceptors (Lipinski definition) is 1. The maximum absolute atomic E-state index is 13.1. The average Bonchev–Trinajstić information content (AvgIpc) is 3.12. The van der Waals surface area contributed by atoms with Crippen molar-refractivity contribution >= 4 is 23.3 Å². The highest BCUT2D eigenvalue weighted by Gasteiger charge is 2.15. The smallest absolute Gasteiger partial charge is 0.322 e. The molecular formula is C22H21ClFN3O. The molecule has 1 heterocycles. The van der Waals surface area contributed by atoms with Gasteiger partial charge in [0.2, 0.25) is 0 Å². The fraction of sp³-hybridized carbons (Fsp3) is 0.136. The van der Waals surface area contributed by atoms with Crippen molar-refractivity contribution in [2.24, 2.45) is 0 Å². The molecule has 6 heteroatoms. The quantitative estimate of drug-likeness (QED) is 0.521. The van der Waals surface area contributed by atoms with E-state index in [4.69, 9.17) is 11.6 Å². The minimum atomic E-state index is -0.257. The van der Waals surface area contributed by atoms with Crippen LogP contribution >= 0.6 is 11.6 Å². The fourth-order valence-electron chi connectivity index (χ4n) is 2.84. The van der Waals surface area contributed by atoms with Crippen LogP contribution in [-0.2, 0) is 13.1 Å². The molecule has 2 aromatic carbocycles. The van der Waals surface area contributed by atoms with Gasteiger partial charge in [-0.1, -0.05) is 29.8 Å². The largest absolute Gasteiger partial charge is 0.345 e. The van der Waals surface area contributed by atoms with Gasteiger partial charge >= 0.3 is 6.03 Å². The Balaban J connectivity index is 1.71. The van der Waals surface area contributed by atoms with E-state index in [-0.39, 0.29) is 11.8 Å². The SMILES string of the molecule is C=CCN(Cc1cccn1Cc1ccc(F)cc1)C(=O)Nc1ccc(Cl)cc1. The molecule has 4 nitrogen and oxygen atoms in total. The van der Waals surface area contributed by atoms with Crippen LogP contribution in [0.15, 0.2) is 79.5 Å². The van der Waals surface area contributed by atoms with Crippen LogP contribution in [-0.4, -0.2) is 22.0 Å². The molecule has 0 saturated heterocycles. The number of aromatic nitrogens is 1. The third-order valence-corrected chi connectivity index (χ3v) is 4.53. The molecule has 0 fully saturated rings. The molecule has 3 rings (SSSR count). The summed E-state index contributed by atoms with van der Waals surface area (Å²) in [6.07, 6.45) is 3.64. The number of hydrogen-bond donors (Lipinski definition) is 1. The number of nitrogens with zero attached hydrogens (tertiary/aromatic N) is 2. The van der Waals surface area contributed by atoms with Crippen molar-refractivity contribution in [1.82, 2.24) is 9.47 Å². The molecular weight excluding hydrogens is 377 g/mol. The lowest BCUT2D eigenvalue weighted by Gasteiger charge is -2.23. The average molecular weight is 398 g/mol. The van der Waals surface area contributed by atoms with E-state index in [9.17, 15) is 9.18 Å². The molecule has 0 saturated carbocycles. The molecule has 2 amide bonds. The van der Waals surface area contributed by atoms with Crippen LogP contribution in [0.4, 0.5) is 14.9 Å². The van der Waals surface area contributed by atoms with Crippen molar-refractivity contribution in [2.45, 2.75) is 13.1 Å². The summed E-state index contributed by atoms with van der Waals surface area (Å²) in [6.45, 7) is 5.17. The minimum Gasteiger partial charge on any atom is -0.345 e. The minimum absolute atomic E-state index is 0.225. The van der Waals surface area contributed by atoms with Crippen LogP contribution in [0.2, 0.25) is 5.02 Å². The van der Waals surface area contributed by atoms with Gasteiger partial charge in [0.05, 0.1) is 6.54 Å². The van der Waals surface area contributed by atoms with Gasteiger partial charge in [0.15, 0.2) is 0 Å². The predicted octanol–water partition coefficient (Wildman–Crippen LogP) is 5.55. The lowest BCUT2D eigenvalue weighted by atomic mass is 10.2. The Morgan fingerprint density at radius 2 is 1.86 bits per heavy atom. The Morgan fingerprint density at radius 3 is 2.54 bits per heavy atom. The number of benzene rings is 2. The summed E-state index contributed by atoms with van der Waals surface area (Å²) >= 11 is 5.89. The first-order valence-electron chi connectivity index (χ1n) is 8.86. The number of nitrogens with one attached hydrogen (secondary N) is 1. The number of carbonyl (C=O) groups excluding carboxylic acids is 1. The summed E-state index contributed by atoms with van der Waals surface area (Å²) < 4.78 is 15.2. The Morgan fingerprint density at radius 1 is 1.14 bits per heavy atom. The van der Waals surface area contributed by atoms with E-state index in [0.29, 0.717) is 30.3 Å². The highest BCUT2D eigenvalue weighted by Crippen LogP contribution is 2.16. The third-order valence-electron chi connectivity index (χ3n) is 4.27. The van der Waals surface area contributed by atoms with E-state index in [0.717, 1.165) is 11.3 Å². The van der Waals surface area contributed by atoms with Crippen LogP contribution in [0.25, 0.3) is 0 Å². The number of rotatable bonds is 7. The molecule has 1 aromatic heterocycles. The molecule has 3 aromatic rings. The summed E-state index contributed by atoms with van der Waals surface area (Å²) in [7, 11) is 0. The predicted molar refractivity (Wildman–Crippen MR) is 111 cm³/mol. The van der Waals surface area contributed by atoms with E-state index >= 15 is 0 Å². The number of anilines is 1. The van der Waals surface area contributed by atoms with Crippen molar-refractivity contribution in [2.75, 3.05) is 11.9 Å². The highest BCUT2D eigenvalue weighted by atomic mass is 35.5. The molecule has 0 unspecified atom stereocenters. The van der Waals surface area contributed by atoms with Crippen LogP contribution in [0.3, 0.4) is 0 Å². The van der Waals surface area contributed by atoms with Gasteiger partial charge in [0.25, 0.3) is 0 Å². The molecule has 0 spiro atoms. The second-order valence-electron chi connectivity index (χ2n) is 6.36. The summed E-state index contributed by atoms with van der Waals surface area (Å²) in [5.74, 6) is -0.257. The zero-order chi connectivity index (χ0) is 19.9. The number of urea groups is 1. The monoisotopic (exact) mass is 397 g/mol. The second kappa shape index (κ2) is 9.24. The molecule has 0 aliphatic carbocycles. The van der Waals surface area contributed by atoms with E-state index in [1.165, 1.54) is 12.1 Å². The van der Waals surface area contributed by atoms with E-state index in [1.54, 1.807) is 47.4 Å². The maximum Gasteiger partial charge on any atom is 0.322 e. The zero-order valence-electron chi connectivity index (χ0n) is 15.3. The topological polar surface area (TPSA) is 37.3 Å². The van der Waals surface area contributed by atoms with Crippen molar-refractivity contribution in [3.63, 3.8) is 0 Å². The zero-order valence-corrected chi connectivity index (χ0v) is 16.1. The first-order chi connectivity index (χ1) is 13.5. The summed E-state index contributed by atoms with van der Waals surface area (Å²) in [5, 5.41) is 3.48. The number of amides is 2. The number of carbonyl (C=O) groups is 1. The second-order valence-corrected chi connectivity index (χ2v) is 6.80. The van der Waals surface area contributed by atoms with Gasteiger partial charge in [-0.05, 0) is 54.1 Å². The highest BCUT2D eigenvalue weighted by molar-refractivity contribution is 6.30. The lowest BCUT2D eigenvalue weighted by molar-refractivity contribution is 0.214. The molecule has 0 bridgehead atoms. The maximum atomic E-state index is 13.1. The Kier molecular flexibility index (Phi) is 6.50. The van der Waals surface area contributed by atoms with Crippen molar-refractivity contribution < 1.29 is 9.18 Å². The molecule has 0 atom stereocenters. The van der Waals surface area contributed by atoms with Gasteiger partial charge < -0.3 is 14.8 Å². The molecule has 0 aliphatic heterocycles. The normalized spacial score (nSPS) is 10.5. The summed E-state index contributed by atoms with van der Waals surface area (Å²) in [5.41, 5.74) is 2.63. The van der Waals surface area contributed by atoms with E-state index < -0.39 is 0 Å². The van der Waals surface area contributed by atoms with Gasteiger partial charge in [-0.25, -0.2) is 9.18 Å².